The van der Waals surface area contributed by atoms with Gasteiger partial charge in [0.1, 0.15) is 18.1 Å². The SMILES string of the molecule is FC(F)(F)c1cc([B-](c2cc(C(F)(F)F)cc(C(F)(F)F)c2)(c2cc(C(F)(F)F)cc(C(F)(F)F)c2)c2cc(C(F)(F)F)cc(C(F)(F)F)c2)cc(C(F)(F)F)c1.O=C(C[n+]1ccncc1Oc1ccc2ccccc2c1)c1ccccc1. The highest BCUT2D eigenvalue weighted by molar-refractivity contribution is 7.20. The molecule has 0 aliphatic heterocycles. The fourth-order valence-corrected chi connectivity index (χ4v) is 8.88. The number of rotatable bonds is 9. The van der Waals surface area contributed by atoms with Crippen molar-refractivity contribution < 1.29 is 119 Å². The topological polar surface area (TPSA) is 43.1 Å². The van der Waals surface area contributed by atoms with E-state index in [0.717, 1.165) is 10.8 Å². The molecule has 0 N–H and O–H groups in total. The molecule has 0 saturated heterocycles. The molecule has 0 aliphatic carbocycles. The van der Waals surface area contributed by atoms with Gasteiger partial charge in [0.25, 0.3) is 0 Å². The van der Waals surface area contributed by atoms with Gasteiger partial charge in [0.05, 0.1) is 50.7 Å². The molecule has 8 aromatic rings. The molecule has 4 nitrogen and oxygen atoms in total. The summed E-state index contributed by atoms with van der Waals surface area (Å²) in [7, 11) is 0. The third-order valence-corrected chi connectivity index (χ3v) is 12.6. The molecule has 0 spiro atoms. The lowest BCUT2D eigenvalue weighted by atomic mass is 9.12. The third-order valence-electron chi connectivity index (χ3n) is 12.6. The Morgan fingerprint density at radius 1 is 0.386 bits per heavy atom. The van der Waals surface area contributed by atoms with Gasteiger partial charge in [-0.25, -0.2) is 4.98 Å². The highest BCUT2D eigenvalue weighted by Crippen LogP contribution is 2.42. The zero-order valence-electron chi connectivity index (χ0n) is 40.7. The van der Waals surface area contributed by atoms with Gasteiger partial charge in [-0.1, -0.05) is 109 Å². The maximum absolute atomic E-state index is 14.2. The summed E-state index contributed by atoms with van der Waals surface area (Å²) in [6.45, 7) is 0.190. The lowest BCUT2D eigenvalue weighted by Gasteiger charge is -2.46. The van der Waals surface area contributed by atoms with Gasteiger partial charge in [-0.15, -0.1) is 0 Å². The van der Waals surface area contributed by atoms with Gasteiger partial charge >= 0.3 is 55.3 Å². The van der Waals surface area contributed by atoms with Crippen LogP contribution in [0.2, 0.25) is 0 Å². The second-order valence-corrected chi connectivity index (χ2v) is 18.2. The summed E-state index contributed by atoms with van der Waals surface area (Å²) in [6.07, 6.45) is -49.8. The average molecular weight is 1200 g/mol. The first-order valence-electron chi connectivity index (χ1n) is 23.0. The van der Waals surface area contributed by atoms with E-state index in [1.807, 2.05) is 66.7 Å². The summed E-state index contributed by atoms with van der Waals surface area (Å²) in [5, 5.41) is 2.25. The minimum atomic E-state index is -6.13. The number of aromatic nitrogens is 2. The predicted octanol–water partition coefficient (Wildman–Crippen LogP) is 15.4. The van der Waals surface area contributed by atoms with E-state index in [4.69, 9.17) is 4.74 Å². The van der Waals surface area contributed by atoms with E-state index in [9.17, 15) is 110 Å². The number of fused-ring (bicyclic) bond motifs is 1. The quantitative estimate of drug-likeness (QED) is 0.0626. The number of ether oxygens (including phenoxy) is 1. The smallest absolute Gasteiger partial charge is 0.404 e. The molecule has 0 bridgehead atoms. The number of Topliss-reactive ketones (excluding diaryl/α,β-unsaturated/α-hetero) is 1. The number of hydrogen-bond acceptors (Lipinski definition) is 3. The molecule has 0 saturated carbocycles. The first-order chi connectivity index (χ1) is 38.1. The van der Waals surface area contributed by atoms with Gasteiger partial charge in [-0.05, 0) is 47.2 Å². The number of hydrogen-bond donors (Lipinski definition) is 0. The maximum atomic E-state index is 14.2. The third kappa shape index (κ3) is 14.3. The summed E-state index contributed by atoms with van der Waals surface area (Å²) < 4.78 is 349. The molecule has 0 unspecified atom stereocenters. The van der Waals surface area contributed by atoms with Crippen LogP contribution in [0.3, 0.4) is 0 Å². The molecule has 438 valence electrons. The normalized spacial score (nSPS) is 13.2. The Balaban J connectivity index is 0.000000313. The van der Waals surface area contributed by atoms with Crippen LogP contribution in [0.5, 0.6) is 11.6 Å². The molecular formula is C54H29BF24N2O2. The Kier molecular flexibility index (Phi) is 16.6. The van der Waals surface area contributed by atoms with E-state index < -0.39 is 195 Å². The van der Waals surface area contributed by atoms with Gasteiger partial charge in [0, 0.05) is 5.56 Å². The van der Waals surface area contributed by atoms with Crippen LogP contribution >= 0.6 is 0 Å². The van der Waals surface area contributed by atoms with Gasteiger partial charge in [-0.2, -0.15) is 132 Å². The van der Waals surface area contributed by atoms with E-state index in [1.54, 1.807) is 23.2 Å². The molecule has 29 heteroatoms. The van der Waals surface area contributed by atoms with E-state index in [1.165, 1.54) is 0 Å². The summed E-state index contributed by atoms with van der Waals surface area (Å²) in [4.78, 5) is 16.6. The maximum Gasteiger partial charge on any atom is 0.416 e. The van der Waals surface area contributed by atoms with Crippen molar-refractivity contribution in [2.45, 2.75) is 56.0 Å². The number of ketones is 1. The highest BCUT2D eigenvalue weighted by Gasteiger charge is 2.47. The van der Waals surface area contributed by atoms with E-state index >= 15 is 0 Å². The summed E-state index contributed by atoms with van der Waals surface area (Å²) in [5.41, 5.74) is -29.5. The number of benzene rings is 7. The molecule has 1 heterocycles. The molecule has 0 atom stereocenters. The fraction of sp³-hybridized carbons (Fsp3) is 0.167. The van der Waals surface area contributed by atoms with E-state index in [-0.39, 0.29) is 12.3 Å². The Morgan fingerprint density at radius 3 is 1.02 bits per heavy atom. The molecule has 0 fully saturated rings. The second kappa shape index (κ2) is 22.1. The Hall–Kier alpha value is -8.27. The van der Waals surface area contributed by atoms with Crippen LogP contribution in [-0.2, 0) is 56.0 Å². The van der Waals surface area contributed by atoms with Crippen molar-refractivity contribution in [1.29, 1.82) is 0 Å². The largest absolute Gasteiger partial charge is 0.416 e. The number of halogens is 24. The van der Waals surface area contributed by atoms with Crippen molar-refractivity contribution >= 4 is 44.6 Å². The lowest BCUT2D eigenvalue weighted by molar-refractivity contribution is -0.687. The summed E-state index contributed by atoms with van der Waals surface area (Å²) >= 11 is 0. The van der Waals surface area contributed by atoms with Crippen molar-refractivity contribution in [2.24, 2.45) is 0 Å². The number of nitrogens with zero attached hydrogens (tertiary/aromatic N) is 2. The van der Waals surface area contributed by atoms with Crippen LogP contribution in [0.15, 0.2) is 164 Å². The zero-order valence-corrected chi connectivity index (χ0v) is 40.7. The molecule has 7 aromatic carbocycles. The van der Waals surface area contributed by atoms with Crippen LogP contribution in [0.25, 0.3) is 10.8 Å². The number of alkyl halides is 24. The molecule has 83 heavy (non-hydrogen) atoms. The van der Waals surface area contributed by atoms with Gasteiger partial charge in [0.15, 0.2) is 6.20 Å². The van der Waals surface area contributed by atoms with Gasteiger partial charge in [0.2, 0.25) is 12.3 Å². The summed E-state index contributed by atoms with van der Waals surface area (Å²) in [6, 6.07) is 14.4. The van der Waals surface area contributed by atoms with Gasteiger partial charge in [-0.3, -0.25) is 4.79 Å². The fourth-order valence-electron chi connectivity index (χ4n) is 8.88. The lowest BCUT2D eigenvalue weighted by Crippen LogP contribution is -2.75. The molecule has 0 amide bonds. The van der Waals surface area contributed by atoms with Crippen LogP contribution in [-0.4, -0.2) is 16.9 Å². The monoisotopic (exact) mass is 1200 g/mol. The Labute approximate surface area is 450 Å². The van der Waals surface area contributed by atoms with Crippen LogP contribution in [0, 0.1) is 0 Å². The number of carbonyl (C=O) groups is 1. The molecule has 8 rings (SSSR count). The molecule has 0 aliphatic rings. The van der Waals surface area contributed by atoms with E-state index in [0.29, 0.717) is 17.2 Å². The summed E-state index contributed by atoms with van der Waals surface area (Å²) in [5.74, 6) is 1.25. The zero-order chi connectivity index (χ0) is 61.7. The minimum absolute atomic E-state index is 0.0187. The number of carbonyl (C=O) groups excluding carboxylic acids is 1. The predicted molar refractivity (Wildman–Crippen MR) is 249 cm³/mol. The van der Waals surface area contributed by atoms with Gasteiger partial charge < -0.3 is 4.74 Å². The van der Waals surface area contributed by atoms with Crippen LogP contribution in [0.1, 0.15) is 54.9 Å². The average Bonchev–Trinajstić information content (AvgIpc) is 0.979. The van der Waals surface area contributed by atoms with Crippen molar-refractivity contribution in [3.8, 4) is 11.6 Å². The van der Waals surface area contributed by atoms with Crippen molar-refractivity contribution in [3.63, 3.8) is 0 Å². The van der Waals surface area contributed by atoms with Crippen LogP contribution in [0.4, 0.5) is 105 Å². The molecule has 1 aromatic heterocycles. The molecule has 0 radical (unpaired) electrons. The second-order valence-electron chi connectivity index (χ2n) is 18.2. The van der Waals surface area contributed by atoms with Crippen molar-refractivity contribution in [1.82, 2.24) is 4.98 Å². The highest BCUT2D eigenvalue weighted by atomic mass is 19.4. The standard InChI is InChI=1S/C32H12BF24.C22H17N2O2/c34-25(35,36)13-1-14(26(37,38)39)6-21(5-13)33(22-7-15(27(40,41)42)2-16(8-22)28(43,44)45,23-9-17(29(46,47)48)3-18(10-23)30(49,50)51)24-11-19(31(52,53)54)4-20(12-24)32(55,56)57;25-21(18-7-2-1-3-8-18)16-24-13-12-23-15-22(24)26-20-11-10-17-6-4-5-9-19(17)14-20/h1-12H;1-15H,16H2/q-1;+1. The Bertz CT molecular complexity index is 3230. The van der Waals surface area contributed by atoms with Crippen LogP contribution < -0.4 is 31.2 Å². The Morgan fingerprint density at radius 2 is 0.699 bits per heavy atom. The first kappa shape index (κ1) is 62.3. The van der Waals surface area contributed by atoms with E-state index in [2.05, 4.69) is 11.1 Å². The molecular weight excluding hydrogens is 1180 g/mol. The van der Waals surface area contributed by atoms with Crippen molar-refractivity contribution in [2.75, 3.05) is 0 Å². The van der Waals surface area contributed by atoms with Crippen molar-refractivity contribution in [3.05, 3.63) is 214 Å². The first-order valence-corrected chi connectivity index (χ1v) is 23.0. The minimum Gasteiger partial charge on any atom is -0.404 e.